The van der Waals surface area contributed by atoms with Crippen LogP contribution in [-0.4, -0.2) is 9.97 Å². The maximum absolute atomic E-state index is 12.0. The van der Waals surface area contributed by atoms with Gasteiger partial charge in [-0.1, -0.05) is 4.57 Å². The van der Waals surface area contributed by atoms with Crippen LogP contribution in [0, 0.1) is 0 Å². The lowest BCUT2D eigenvalue weighted by Gasteiger charge is -1.90. The number of fused-ring (bicyclic) bond motifs is 3. The van der Waals surface area contributed by atoms with Crippen molar-refractivity contribution in [1.82, 2.24) is 9.97 Å². The molecule has 0 unspecified atom stereocenters. The summed E-state index contributed by atoms with van der Waals surface area (Å²) >= 11 is 0. The first-order valence-corrected chi connectivity index (χ1v) is 5.49. The van der Waals surface area contributed by atoms with E-state index in [2.05, 4.69) is 9.97 Å². The second-order valence-corrected chi connectivity index (χ2v) is 4.63. The van der Waals surface area contributed by atoms with Crippen LogP contribution in [0.5, 0.6) is 0 Å². The highest BCUT2D eigenvalue weighted by Gasteiger charge is 2.38. The number of hydrogen-bond donors (Lipinski definition) is 0. The Morgan fingerprint density at radius 3 is 1.93 bits per heavy atom. The van der Waals surface area contributed by atoms with Crippen LogP contribution >= 0.6 is 7.80 Å². The lowest BCUT2D eigenvalue weighted by Crippen LogP contribution is -1.98. The van der Waals surface area contributed by atoms with Gasteiger partial charge in [-0.2, -0.15) is 0 Å². The van der Waals surface area contributed by atoms with Gasteiger partial charge in [-0.3, -0.25) is 9.97 Å². The number of hydrogen-bond acceptors (Lipinski definition) is 3. The molecule has 0 saturated heterocycles. The van der Waals surface area contributed by atoms with Crippen molar-refractivity contribution in [3.8, 4) is 11.1 Å². The molecule has 0 fully saturated rings. The first-order chi connectivity index (χ1) is 6.88. The monoisotopic (exact) mass is 201 g/mol. The van der Waals surface area contributed by atoms with E-state index in [0.717, 1.165) is 21.7 Å². The van der Waals surface area contributed by atoms with Crippen LogP contribution in [0.1, 0.15) is 0 Å². The Kier molecular flexibility index (Phi) is 1.49. The number of pyridine rings is 2. The van der Waals surface area contributed by atoms with Crippen LogP contribution in [0.3, 0.4) is 0 Å². The first kappa shape index (κ1) is 7.77. The van der Waals surface area contributed by atoms with Gasteiger partial charge in [0.1, 0.15) is 0 Å². The minimum atomic E-state index is -1.47. The molecule has 3 rings (SSSR count). The SMILES string of the molecule is O=[P+]1c2cnccc2-c2ccncc21. The summed E-state index contributed by atoms with van der Waals surface area (Å²) in [5, 5.41) is 1.65. The van der Waals surface area contributed by atoms with Crippen molar-refractivity contribution in [2.75, 3.05) is 0 Å². The van der Waals surface area contributed by atoms with E-state index in [4.69, 9.17) is 0 Å². The van der Waals surface area contributed by atoms with Crippen LogP contribution in [-0.2, 0) is 4.57 Å². The summed E-state index contributed by atoms with van der Waals surface area (Å²) in [6.45, 7) is 0. The summed E-state index contributed by atoms with van der Waals surface area (Å²) in [5.41, 5.74) is 2.05. The third kappa shape index (κ3) is 0.875. The van der Waals surface area contributed by atoms with Crippen molar-refractivity contribution >= 4 is 18.4 Å². The molecular formula is C10H6N2OP+. The first-order valence-electron chi connectivity index (χ1n) is 4.23. The fourth-order valence-electron chi connectivity index (χ4n) is 1.68. The molecule has 14 heavy (non-hydrogen) atoms. The Morgan fingerprint density at radius 1 is 0.929 bits per heavy atom. The highest BCUT2D eigenvalue weighted by molar-refractivity contribution is 7.63. The van der Waals surface area contributed by atoms with Gasteiger partial charge in [-0.15, -0.1) is 0 Å². The van der Waals surface area contributed by atoms with Crippen LogP contribution in [0.4, 0.5) is 0 Å². The molecule has 0 atom stereocenters. The summed E-state index contributed by atoms with van der Waals surface area (Å²) < 4.78 is 12.0. The van der Waals surface area contributed by atoms with Crippen molar-refractivity contribution in [3.63, 3.8) is 0 Å². The van der Waals surface area contributed by atoms with E-state index in [-0.39, 0.29) is 0 Å². The van der Waals surface area contributed by atoms with Crippen molar-refractivity contribution in [2.45, 2.75) is 0 Å². The summed E-state index contributed by atoms with van der Waals surface area (Å²) in [6.07, 6.45) is 6.79. The molecule has 2 aromatic heterocycles. The van der Waals surface area contributed by atoms with Gasteiger partial charge in [-0.25, -0.2) is 0 Å². The molecular weight excluding hydrogens is 195 g/mol. The second kappa shape index (κ2) is 2.69. The van der Waals surface area contributed by atoms with Crippen molar-refractivity contribution in [3.05, 3.63) is 36.9 Å². The van der Waals surface area contributed by atoms with E-state index in [1.165, 1.54) is 0 Å². The predicted octanol–water partition coefficient (Wildman–Crippen LogP) is 1.24. The topological polar surface area (TPSA) is 42.9 Å². The highest BCUT2D eigenvalue weighted by atomic mass is 31.1. The lowest BCUT2D eigenvalue weighted by atomic mass is 10.1. The molecule has 4 heteroatoms. The molecule has 0 spiro atoms. The molecule has 0 aromatic carbocycles. The lowest BCUT2D eigenvalue weighted by molar-refractivity contribution is 0.598. The van der Waals surface area contributed by atoms with Gasteiger partial charge in [0.15, 0.2) is 0 Å². The average molecular weight is 201 g/mol. The van der Waals surface area contributed by atoms with Gasteiger partial charge in [0.2, 0.25) is 10.6 Å². The smallest absolute Gasteiger partial charge is 0.260 e. The molecule has 0 N–H and O–H groups in total. The normalized spacial score (nSPS) is 12.4. The van der Waals surface area contributed by atoms with Gasteiger partial charge < -0.3 is 0 Å². The molecule has 0 aliphatic carbocycles. The third-order valence-electron chi connectivity index (χ3n) is 2.33. The second-order valence-electron chi connectivity index (χ2n) is 3.08. The Bertz CT molecular complexity index is 492. The molecule has 66 valence electrons. The third-order valence-corrected chi connectivity index (χ3v) is 3.92. The van der Waals surface area contributed by atoms with Crippen LogP contribution in [0.2, 0.25) is 0 Å². The minimum Gasteiger partial charge on any atom is -0.260 e. The molecule has 0 bridgehead atoms. The maximum Gasteiger partial charge on any atom is 0.419 e. The van der Waals surface area contributed by atoms with Gasteiger partial charge in [0.05, 0.1) is 12.4 Å². The number of rotatable bonds is 0. The molecule has 0 amide bonds. The Labute approximate surface area is 81.6 Å². The Morgan fingerprint density at radius 2 is 1.43 bits per heavy atom. The van der Waals surface area contributed by atoms with E-state index in [1.54, 1.807) is 24.8 Å². The zero-order valence-corrected chi connectivity index (χ0v) is 8.11. The van der Waals surface area contributed by atoms with E-state index in [1.807, 2.05) is 12.1 Å². The minimum absolute atomic E-state index is 0.825. The molecule has 1 aliphatic rings. The van der Waals surface area contributed by atoms with Gasteiger partial charge in [0.25, 0.3) is 0 Å². The van der Waals surface area contributed by atoms with Crippen molar-refractivity contribution in [2.24, 2.45) is 0 Å². The van der Waals surface area contributed by atoms with Gasteiger partial charge >= 0.3 is 7.80 Å². The van der Waals surface area contributed by atoms with Crippen molar-refractivity contribution < 1.29 is 4.57 Å². The molecule has 0 radical (unpaired) electrons. The zero-order valence-electron chi connectivity index (χ0n) is 7.21. The largest absolute Gasteiger partial charge is 0.419 e. The standard InChI is InChI=1S/C10H6N2OP/c13-14-9-5-11-3-1-7(9)8-2-4-12-6-10(8)14/h1-6H/q+1. The van der Waals surface area contributed by atoms with Crippen molar-refractivity contribution in [1.29, 1.82) is 0 Å². The van der Waals surface area contributed by atoms with Gasteiger partial charge in [0, 0.05) is 23.5 Å². The van der Waals surface area contributed by atoms with E-state index >= 15 is 0 Å². The summed E-state index contributed by atoms with van der Waals surface area (Å²) in [6, 6.07) is 3.79. The van der Waals surface area contributed by atoms with Crippen LogP contribution in [0.25, 0.3) is 11.1 Å². The summed E-state index contributed by atoms with van der Waals surface area (Å²) in [5.74, 6) is 0. The van der Waals surface area contributed by atoms with E-state index < -0.39 is 7.80 Å². The maximum atomic E-state index is 12.0. The summed E-state index contributed by atoms with van der Waals surface area (Å²) in [7, 11) is -1.47. The Hall–Kier alpha value is -1.60. The quantitative estimate of drug-likeness (QED) is 0.514. The molecule has 3 nitrogen and oxygen atoms in total. The molecule has 1 aliphatic heterocycles. The Balaban J connectivity index is 2.42. The fraction of sp³-hybridized carbons (Fsp3) is 0. The fourth-order valence-corrected chi connectivity index (χ4v) is 3.11. The molecule has 2 aromatic rings. The van der Waals surface area contributed by atoms with Crippen LogP contribution in [0.15, 0.2) is 36.9 Å². The van der Waals surface area contributed by atoms with E-state index in [0.29, 0.717) is 0 Å². The van der Waals surface area contributed by atoms with Crippen LogP contribution < -0.4 is 10.6 Å². The molecule has 0 saturated carbocycles. The number of nitrogens with zero attached hydrogens (tertiary/aromatic N) is 2. The molecule has 3 heterocycles. The van der Waals surface area contributed by atoms with Gasteiger partial charge in [-0.05, 0) is 12.1 Å². The number of aromatic nitrogens is 2. The highest BCUT2D eigenvalue weighted by Crippen LogP contribution is 2.35. The average Bonchev–Trinajstić information content (AvgIpc) is 2.55. The van der Waals surface area contributed by atoms with E-state index in [9.17, 15) is 4.57 Å². The zero-order chi connectivity index (χ0) is 9.54. The summed E-state index contributed by atoms with van der Waals surface area (Å²) in [4.78, 5) is 7.97. The predicted molar refractivity (Wildman–Crippen MR) is 54.3 cm³/mol.